The van der Waals surface area contributed by atoms with E-state index in [1.807, 2.05) is 0 Å². The minimum absolute atomic E-state index is 0.0255. The number of hydrogen-bond donors (Lipinski definition) is 0. The fourth-order valence-electron chi connectivity index (χ4n) is 5.87. The second-order valence-electron chi connectivity index (χ2n) is 10.3. The predicted molar refractivity (Wildman–Crippen MR) is 122 cm³/mol. The fourth-order valence-corrected chi connectivity index (χ4v) is 5.87. The van der Waals surface area contributed by atoms with Gasteiger partial charge < -0.3 is 14.2 Å². The van der Waals surface area contributed by atoms with Crippen LogP contribution in [0.25, 0.3) is 5.57 Å². The molecule has 3 heteroatoms. The van der Waals surface area contributed by atoms with E-state index in [1.165, 1.54) is 27.8 Å². The van der Waals surface area contributed by atoms with Crippen molar-refractivity contribution in [3.63, 3.8) is 0 Å². The van der Waals surface area contributed by atoms with Crippen LogP contribution in [0.15, 0.2) is 66.8 Å². The number of hydrogen-bond acceptors (Lipinski definition) is 3. The zero-order chi connectivity index (χ0) is 21.2. The molecule has 2 aromatic carbocycles. The van der Waals surface area contributed by atoms with Crippen molar-refractivity contribution in [2.45, 2.75) is 57.0 Å². The Kier molecular flexibility index (Phi) is 4.34. The molecule has 0 aromatic heterocycles. The third-order valence-electron chi connectivity index (χ3n) is 7.58. The van der Waals surface area contributed by atoms with Crippen LogP contribution in [0.3, 0.4) is 0 Å². The Balaban J connectivity index is 1.57. The van der Waals surface area contributed by atoms with Crippen LogP contribution in [0, 0.1) is 5.41 Å². The average molecular weight is 415 g/mol. The van der Waals surface area contributed by atoms with Gasteiger partial charge in [-0.05, 0) is 39.7 Å². The topological polar surface area (TPSA) is 34.3 Å². The van der Waals surface area contributed by atoms with Crippen molar-refractivity contribution < 1.29 is 14.2 Å². The van der Waals surface area contributed by atoms with Gasteiger partial charge in [0.2, 0.25) is 0 Å². The Morgan fingerprint density at radius 1 is 0.871 bits per heavy atom. The van der Waals surface area contributed by atoms with Crippen molar-refractivity contribution in [3.8, 4) is 0 Å². The third-order valence-corrected chi connectivity index (χ3v) is 7.58. The molecule has 31 heavy (non-hydrogen) atoms. The number of allylic oxidation sites excluding steroid dienone is 4. The molecule has 3 nitrogen and oxygen atoms in total. The fraction of sp³-hybridized carbons (Fsp3) is 0.429. The zero-order valence-electron chi connectivity index (χ0n) is 18.5. The number of benzene rings is 2. The number of fused-ring (bicyclic) bond motifs is 5. The largest absolute Gasteiger partial charge is 0.376 e. The maximum Gasteiger partial charge on any atom is 0.113 e. The summed E-state index contributed by atoms with van der Waals surface area (Å²) in [6, 6.07) is 17.7. The van der Waals surface area contributed by atoms with Crippen LogP contribution in [-0.2, 0) is 19.6 Å². The normalized spacial score (nSPS) is 33.7. The molecule has 0 radical (unpaired) electrons. The summed E-state index contributed by atoms with van der Waals surface area (Å²) in [5.41, 5.74) is 6.57. The van der Waals surface area contributed by atoms with Gasteiger partial charge in [0.15, 0.2) is 0 Å². The molecule has 1 aliphatic carbocycles. The highest BCUT2D eigenvalue weighted by Crippen LogP contribution is 2.58. The molecule has 5 unspecified atom stereocenters. The van der Waals surface area contributed by atoms with Crippen LogP contribution in [0.4, 0.5) is 0 Å². The molecule has 5 atom stereocenters. The molecule has 3 aliphatic heterocycles. The van der Waals surface area contributed by atoms with E-state index >= 15 is 0 Å². The maximum atomic E-state index is 6.15. The van der Waals surface area contributed by atoms with E-state index in [-0.39, 0.29) is 35.2 Å². The summed E-state index contributed by atoms with van der Waals surface area (Å²) in [7, 11) is 0. The standard InChI is InChI=1S/C28H30O3/c1-27(2,3)28(18-10-5-4-6-11-18)15-8-7-14-21(28)19-12-9-13-20-24(19)26-23(31-26)17-29-16-22-25(20)30-22/h4-14,22-23,25-26H,15-17H2,1-3H3. The van der Waals surface area contributed by atoms with Crippen molar-refractivity contribution >= 4 is 5.57 Å². The first kappa shape index (κ1) is 19.5. The maximum absolute atomic E-state index is 6.15. The molecule has 160 valence electrons. The summed E-state index contributed by atoms with van der Waals surface area (Å²) in [5, 5.41) is 0. The van der Waals surface area contributed by atoms with Gasteiger partial charge in [-0.2, -0.15) is 0 Å². The van der Waals surface area contributed by atoms with Crippen LogP contribution >= 0.6 is 0 Å². The van der Waals surface area contributed by atoms with Crippen molar-refractivity contribution in [3.05, 3.63) is 89.0 Å². The highest BCUT2D eigenvalue weighted by molar-refractivity contribution is 5.82. The van der Waals surface area contributed by atoms with Gasteiger partial charge in [0.25, 0.3) is 0 Å². The predicted octanol–water partition coefficient (Wildman–Crippen LogP) is 5.92. The Labute approximate surface area is 184 Å². The zero-order valence-corrected chi connectivity index (χ0v) is 18.5. The minimum atomic E-state index is -0.124. The van der Waals surface area contributed by atoms with Gasteiger partial charge in [-0.15, -0.1) is 0 Å². The molecule has 0 bridgehead atoms. The van der Waals surface area contributed by atoms with Crippen LogP contribution < -0.4 is 0 Å². The van der Waals surface area contributed by atoms with E-state index in [0.29, 0.717) is 13.2 Å². The lowest BCUT2D eigenvalue weighted by Crippen LogP contribution is -2.42. The molecule has 2 fully saturated rings. The molecule has 0 spiro atoms. The summed E-state index contributed by atoms with van der Waals surface area (Å²) >= 11 is 0. The van der Waals surface area contributed by atoms with Gasteiger partial charge in [-0.1, -0.05) is 87.5 Å². The molecule has 6 rings (SSSR count). The first-order valence-corrected chi connectivity index (χ1v) is 11.5. The van der Waals surface area contributed by atoms with Crippen molar-refractivity contribution in [1.29, 1.82) is 0 Å². The van der Waals surface area contributed by atoms with Gasteiger partial charge in [0, 0.05) is 5.41 Å². The highest BCUT2D eigenvalue weighted by atomic mass is 16.6. The second kappa shape index (κ2) is 6.90. The molecule has 0 N–H and O–H groups in total. The van der Waals surface area contributed by atoms with Gasteiger partial charge >= 0.3 is 0 Å². The summed E-state index contributed by atoms with van der Waals surface area (Å²) in [6.07, 6.45) is 8.41. The molecule has 2 saturated heterocycles. The molecule has 2 aromatic rings. The quantitative estimate of drug-likeness (QED) is 0.572. The molecular formula is C28H30O3. The van der Waals surface area contributed by atoms with Crippen LogP contribution in [0.1, 0.15) is 61.7 Å². The smallest absolute Gasteiger partial charge is 0.113 e. The Morgan fingerprint density at radius 2 is 1.61 bits per heavy atom. The van der Waals surface area contributed by atoms with E-state index in [9.17, 15) is 0 Å². The number of epoxide rings is 2. The highest BCUT2D eigenvalue weighted by Gasteiger charge is 2.53. The molecule has 4 aliphatic rings. The summed E-state index contributed by atoms with van der Waals surface area (Å²) < 4.78 is 18.0. The van der Waals surface area contributed by atoms with E-state index in [4.69, 9.17) is 14.2 Å². The summed E-state index contributed by atoms with van der Waals surface area (Å²) in [4.78, 5) is 0. The molecular weight excluding hydrogens is 384 g/mol. The SMILES string of the molecule is CC(C)(C)C1(c2ccccc2)CC=CC=C1c1cccc2c1C1OC1COCC1OC21. The van der Waals surface area contributed by atoms with Gasteiger partial charge in [0.1, 0.15) is 24.4 Å². The van der Waals surface area contributed by atoms with E-state index < -0.39 is 0 Å². The lowest BCUT2D eigenvalue weighted by Gasteiger charge is -2.48. The first-order chi connectivity index (χ1) is 15.0. The van der Waals surface area contributed by atoms with Crippen LogP contribution in [-0.4, -0.2) is 25.4 Å². The van der Waals surface area contributed by atoms with Crippen LogP contribution in [0.5, 0.6) is 0 Å². The number of rotatable bonds is 2. The summed E-state index contributed by atoms with van der Waals surface area (Å²) in [5.74, 6) is 0. The Bertz CT molecular complexity index is 1060. The monoisotopic (exact) mass is 414 g/mol. The summed E-state index contributed by atoms with van der Waals surface area (Å²) in [6.45, 7) is 8.41. The average Bonchev–Trinajstić information content (AvgIpc) is 3.70. The lowest BCUT2D eigenvalue weighted by atomic mass is 9.54. The van der Waals surface area contributed by atoms with Crippen molar-refractivity contribution in [2.24, 2.45) is 5.41 Å². The van der Waals surface area contributed by atoms with Gasteiger partial charge in [-0.3, -0.25) is 0 Å². The molecule has 0 saturated carbocycles. The first-order valence-electron chi connectivity index (χ1n) is 11.5. The van der Waals surface area contributed by atoms with E-state index in [0.717, 1.165) is 6.42 Å². The third kappa shape index (κ3) is 2.98. The van der Waals surface area contributed by atoms with E-state index in [1.54, 1.807) is 0 Å². The van der Waals surface area contributed by atoms with Crippen molar-refractivity contribution in [1.82, 2.24) is 0 Å². The Hall–Kier alpha value is -2.20. The van der Waals surface area contributed by atoms with Gasteiger partial charge in [0.05, 0.1) is 13.2 Å². The second-order valence-corrected chi connectivity index (χ2v) is 10.3. The minimum Gasteiger partial charge on any atom is -0.376 e. The lowest BCUT2D eigenvalue weighted by molar-refractivity contribution is 0.102. The van der Waals surface area contributed by atoms with E-state index in [2.05, 4.69) is 87.5 Å². The van der Waals surface area contributed by atoms with Crippen molar-refractivity contribution in [2.75, 3.05) is 13.2 Å². The molecule has 0 amide bonds. The molecule has 3 heterocycles. The van der Waals surface area contributed by atoms with Gasteiger partial charge in [-0.25, -0.2) is 0 Å². The Morgan fingerprint density at radius 3 is 2.39 bits per heavy atom. The number of ether oxygens (including phenoxy) is 3. The van der Waals surface area contributed by atoms with Crippen LogP contribution in [0.2, 0.25) is 0 Å².